The van der Waals surface area contributed by atoms with Crippen molar-refractivity contribution in [3.8, 4) is 0 Å². The molecule has 3 rings (SSSR count). The summed E-state index contributed by atoms with van der Waals surface area (Å²) in [7, 11) is 0. The first-order chi connectivity index (χ1) is 7.47. The molecule has 0 atom stereocenters. The van der Waals surface area contributed by atoms with Crippen molar-refractivity contribution in [3.63, 3.8) is 0 Å². The minimum Gasteiger partial charge on any atom is -0.443 e. The summed E-state index contributed by atoms with van der Waals surface area (Å²) in [4.78, 5) is 3.95. The number of benzene rings is 1. The molecule has 0 spiro atoms. The average Bonchev–Trinajstić information content (AvgIpc) is 2.80. The molecule has 0 saturated carbocycles. The van der Waals surface area contributed by atoms with Crippen LogP contribution in [0.25, 0.3) is 11.1 Å². The zero-order valence-corrected chi connectivity index (χ0v) is 7.82. The molecule has 0 radical (unpaired) electrons. The maximum atomic E-state index is 5.01. The van der Waals surface area contributed by atoms with E-state index in [9.17, 15) is 0 Å². The van der Waals surface area contributed by atoms with E-state index in [0.717, 1.165) is 11.1 Å². The molecular formula is C10H8N4O. The van der Waals surface area contributed by atoms with Crippen molar-refractivity contribution in [2.24, 2.45) is 0 Å². The van der Waals surface area contributed by atoms with E-state index in [1.807, 2.05) is 24.3 Å². The summed E-state index contributed by atoms with van der Waals surface area (Å²) >= 11 is 0. The fourth-order valence-corrected chi connectivity index (χ4v) is 1.01. The Morgan fingerprint density at radius 1 is 0.933 bits per heavy atom. The van der Waals surface area contributed by atoms with E-state index in [0.29, 0.717) is 0 Å². The van der Waals surface area contributed by atoms with Crippen LogP contribution in [0.1, 0.15) is 0 Å². The van der Waals surface area contributed by atoms with Gasteiger partial charge in [-0.1, -0.05) is 12.1 Å². The standard InChI is InChI=1S/C7H5NO.C3H3N3/c1-2-4-7-6(3-1)8-5-9-7;1-2-4-6-5-3-1/h1-5H;1-3H. The lowest BCUT2D eigenvalue weighted by atomic mass is 10.3. The Balaban J connectivity index is 0.000000124. The summed E-state index contributed by atoms with van der Waals surface area (Å²) in [5, 5.41) is 10.1. The second-order valence-corrected chi connectivity index (χ2v) is 2.63. The molecule has 0 fully saturated rings. The minimum atomic E-state index is 0.845. The van der Waals surface area contributed by atoms with Crippen molar-refractivity contribution < 1.29 is 4.42 Å². The molecule has 0 amide bonds. The predicted octanol–water partition coefficient (Wildman–Crippen LogP) is 1.70. The largest absolute Gasteiger partial charge is 0.443 e. The first-order valence-electron chi connectivity index (χ1n) is 4.33. The summed E-state index contributed by atoms with van der Waals surface area (Å²) < 4.78 is 5.01. The van der Waals surface area contributed by atoms with Gasteiger partial charge in [-0.05, 0) is 23.4 Å². The Hall–Kier alpha value is -2.30. The van der Waals surface area contributed by atoms with E-state index in [2.05, 4.69) is 20.4 Å². The molecule has 2 aromatic heterocycles. The van der Waals surface area contributed by atoms with Crippen molar-refractivity contribution >= 4 is 11.1 Å². The third-order valence-electron chi connectivity index (χ3n) is 1.65. The van der Waals surface area contributed by atoms with E-state index in [-0.39, 0.29) is 0 Å². The Labute approximate surface area is 85.8 Å². The van der Waals surface area contributed by atoms with Crippen LogP contribution in [0, 0.1) is 0 Å². The first kappa shape index (κ1) is 9.26. The van der Waals surface area contributed by atoms with Gasteiger partial charge in [-0.25, -0.2) is 4.98 Å². The van der Waals surface area contributed by atoms with E-state index >= 15 is 0 Å². The van der Waals surface area contributed by atoms with Crippen LogP contribution >= 0.6 is 0 Å². The lowest BCUT2D eigenvalue weighted by molar-refractivity contribution is 0.602. The maximum absolute atomic E-state index is 5.01. The van der Waals surface area contributed by atoms with Crippen LogP contribution in [0.5, 0.6) is 0 Å². The summed E-state index contributed by atoms with van der Waals surface area (Å²) in [5.74, 6) is 0. The van der Waals surface area contributed by atoms with Gasteiger partial charge in [0, 0.05) is 0 Å². The zero-order chi connectivity index (χ0) is 10.3. The second-order valence-electron chi connectivity index (χ2n) is 2.63. The van der Waals surface area contributed by atoms with Gasteiger partial charge in [0.2, 0.25) is 0 Å². The molecule has 5 nitrogen and oxygen atoms in total. The molecule has 3 aromatic rings. The predicted molar refractivity (Wildman–Crippen MR) is 53.8 cm³/mol. The summed E-state index contributed by atoms with van der Waals surface area (Å²) in [6.07, 6.45) is 4.60. The van der Waals surface area contributed by atoms with E-state index < -0.39 is 0 Å². The molecule has 0 aliphatic carbocycles. The van der Waals surface area contributed by atoms with Crippen LogP contribution in [0.3, 0.4) is 0 Å². The zero-order valence-electron chi connectivity index (χ0n) is 7.82. The van der Waals surface area contributed by atoms with Gasteiger partial charge in [-0.15, -0.1) is 10.2 Å². The van der Waals surface area contributed by atoms with Crippen LogP contribution in [-0.2, 0) is 0 Å². The quantitative estimate of drug-likeness (QED) is 0.552. The third-order valence-corrected chi connectivity index (χ3v) is 1.65. The number of oxazole rings is 1. The van der Waals surface area contributed by atoms with Gasteiger partial charge >= 0.3 is 0 Å². The molecule has 0 aliphatic rings. The Morgan fingerprint density at radius 3 is 2.33 bits per heavy atom. The molecule has 15 heavy (non-hydrogen) atoms. The van der Waals surface area contributed by atoms with Crippen molar-refractivity contribution in [2.75, 3.05) is 0 Å². The summed E-state index contributed by atoms with van der Waals surface area (Å²) in [5.41, 5.74) is 1.76. The topological polar surface area (TPSA) is 64.7 Å². The fourth-order valence-electron chi connectivity index (χ4n) is 1.01. The highest BCUT2D eigenvalue weighted by Crippen LogP contribution is 2.09. The number of fused-ring (bicyclic) bond motifs is 1. The van der Waals surface area contributed by atoms with Gasteiger partial charge in [-0.2, -0.15) is 0 Å². The van der Waals surface area contributed by atoms with E-state index in [1.165, 1.54) is 6.39 Å². The first-order valence-corrected chi connectivity index (χ1v) is 4.33. The minimum absolute atomic E-state index is 0.845. The van der Waals surface area contributed by atoms with Crippen molar-refractivity contribution in [2.45, 2.75) is 0 Å². The molecule has 5 heteroatoms. The Kier molecular flexibility index (Phi) is 2.97. The lowest BCUT2D eigenvalue weighted by Crippen LogP contribution is -1.78. The Morgan fingerprint density at radius 2 is 1.73 bits per heavy atom. The number of nitrogens with zero attached hydrogens (tertiary/aromatic N) is 4. The van der Waals surface area contributed by atoms with E-state index in [4.69, 9.17) is 4.42 Å². The van der Waals surface area contributed by atoms with Gasteiger partial charge in [0.05, 0.1) is 12.4 Å². The molecule has 0 N–H and O–H groups in total. The normalized spacial score (nSPS) is 9.33. The van der Waals surface area contributed by atoms with Crippen LogP contribution in [0.2, 0.25) is 0 Å². The van der Waals surface area contributed by atoms with Crippen LogP contribution in [-0.4, -0.2) is 20.4 Å². The molecule has 1 aromatic carbocycles. The summed E-state index contributed by atoms with van der Waals surface area (Å²) in [6, 6.07) is 9.38. The van der Waals surface area contributed by atoms with Gasteiger partial charge in [0.15, 0.2) is 12.0 Å². The number of hydrogen-bond donors (Lipinski definition) is 0. The van der Waals surface area contributed by atoms with Crippen LogP contribution in [0.4, 0.5) is 0 Å². The number of rotatable bonds is 0. The Bertz CT molecular complexity index is 452. The van der Waals surface area contributed by atoms with Crippen molar-refractivity contribution in [3.05, 3.63) is 49.1 Å². The van der Waals surface area contributed by atoms with Gasteiger partial charge in [0.25, 0.3) is 0 Å². The van der Waals surface area contributed by atoms with Crippen molar-refractivity contribution in [1.29, 1.82) is 0 Å². The number of aromatic nitrogens is 4. The maximum Gasteiger partial charge on any atom is 0.181 e. The fraction of sp³-hybridized carbons (Fsp3) is 0. The van der Waals surface area contributed by atoms with Crippen LogP contribution in [0.15, 0.2) is 53.5 Å². The second kappa shape index (κ2) is 4.80. The van der Waals surface area contributed by atoms with Crippen molar-refractivity contribution in [1.82, 2.24) is 20.4 Å². The molecule has 0 aliphatic heterocycles. The molecular weight excluding hydrogens is 192 g/mol. The molecule has 0 unspecified atom stereocenters. The number of para-hydroxylation sites is 2. The smallest absolute Gasteiger partial charge is 0.181 e. The number of hydrogen-bond acceptors (Lipinski definition) is 5. The van der Waals surface area contributed by atoms with E-state index in [1.54, 1.807) is 18.5 Å². The molecule has 0 bridgehead atoms. The van der Waals surface area contributed by atoms with Crippen LogP contribution < -0.4 is 0 Å². The summed E-state index contributed by atoms with van der Waals surface area (Å²) in [6.45, 7) is 0. The molecule has 0 saturated heterocycles. The van der Waals surface area contributed by atoms with Gasteiger partial charge in [0.1, 0.15) is 5.52 Å². The highest BCUT2D eigenvalue weighted by molar-refractivity contribution is 5.71. The third kappa shape index (κ3) is 2.57. The van der Waals surface area contributed by atoms with Gasteiger partial charge < -0.3 is 4.42 Å². The lowest BCUT2D eigenvalue weighted by Gasteiger charge is -1.79. The average molecular weight is 200 g/mol. The highest BCUT2D eigenvalue weighted by Gasteiger charge is 1.91. The van der Waals surface area contributed by atoms with Gasteiger partial charge in [-0.3, -0.25) is 0 Å². The highest BCUT2D eigenvalue weighted by atomic mass is 16.3. The molecule has 2 heterocycles. The monoisotopic (exact) mass is 200 g/mol. The SMILES string of the molecule is c1ccc2ocnc2c1.c1cnnnc1. The molecule has 74 valence electrons.